The van der Waals surface area contributed by atoms with Gasteiger partial charge in [-0.3, -0.25) is 14.8 Å². The largest absolute Gasteiger partial charge is 0.497 e. The van der Waals surface area contributed by atoms with Crippen molar-refractivity contribution in [2.24, 2.45) is 7.05 Å². The molecule has 0 radical (unpaired) electrons. The van der Waals surface area contributed by atoms with Crippen LogP contribution in [0.15, 0.2) is 54.6 Å². The number of nitrogens with one attached hydrogen (secondary N) is 2. The number of hydrogen-bond donors (Lipinski definition) is 3. The molecule has 0 bridgehead atoms. The van der Waals surface area contributed by atoms with Crippen LogP contribution in [0.25, 0.3) is 11.3 Å². The Morgan fingerprint density at radius 1 is 1.04 bits per heavy atom. The summed E-state index contributed by atoms with van der Waals surface area (Å²) in [5.74, 6) is 0.960. The maximum Gasteiger partial charge on any atom is 0.409 e. The van der Waals surface area contributed by atoms with Crippen LogP contribution in [0.2, 0.25) is 0 Å². The lowest BCUT2D eigenvalue weighted by atomic mass is 10.1. The molecular weight excluding hydrogens is 348 g/mol. The van der Waals surface area contributed by atoms with Crippen molar-refractivity contribution >= 4 is 23.5 Å². The number of carboxylic acid groups (broad SMARTS) is 1. The molecule has 138 valence electrons. The standard InChI is InChI=1S/C19H18N4O4/c1-23-17(21-18(24)13-5-9-15(27-2)10-6-13)11-16(22-23)12-3-7-14(8-4-12)20-19(25)26/h3-11,20H,1-2H3,(H,21,24)(H,25,26). The predicted molar refractivity (Wildman–Crippen MR) is 101 cm³/mol. The smallest absolute Gasteiger partial charge is 0.409 e. The fraction of sp³-hybridized carbons (Fsp3) is 0.105. The highest BCUT2D eigenvalue weighted by molar-refractivity contribution is 6.04. The number of methoxy groups -OCH3 is 1. The molecule has 27 heavy (non-hydrogen) atoms. The number of aryl methyl sites for hydroxylation is 1. The molecule has 0 atom stereocenters. The van der Waals surface area contributed by atoms with E-state index in [0.717, 1.165) is 5.56 Å². The topological polar surface area (TPSA) is 105 Å². The summed E-state index contributed by atoms with van der Waals surface area (Å²) in [5, 5.41) is 18.2. The molecule has 8 nitrogen and oxygen atoms in total. The van der Waals surface area contributed by atoms with E-state index in [-0.39, 0.29) is 5.91 Å². The van der Waals surface area contributed by atoms with Crippen LogP contribution in [0.3, 0.4) is 0 Å². The van der Waals surface area contributed by atoms with Gasteiger partial charge in [0.25, 0.3) is 5.91 Å². The molecule has 2 aromatic carbocycles. The first-order valence-corrected chi connectivity index (χ1v) is 8.06. The molecule has 0 aliphatic carbocycles. The zero-order valence-electron chi connectivity index (χ0n) is 14.8. The second-order valence-corrected chi connectivity index (χ2v) is 5.73. The Morgan fingerprint density at radius 3 is 2.30 bits per heavy atom. The summed E-state index contributed by atoms with van der Waals surface area (Å²) < 4.78 is 6.65. The quantitative estimate of drug-likeness (QED) is 0.641. The molecule has 0 unspecified atom stereocenters. The fourth-order valence-corrected chi connectivity index (χ4v) is 2.50. The second-order valence-electron chi connectivity index (χ2n) is 5.73. The van der Waals surface area contributed by atoms with Crippen LogP contribution in [-0.4, -0.2) is 34.0 Å². The first kappa shape index (κ1) is 18.0. The highest BCUT2D eigenvalue weighted by Gasteiger charge is 2.12. The average molecular weight is 366 g/mol. The van der Waals surface area contributed by atoms with E-state index in [4.69, 9.17) is 9.84 Å². The van der Waals surface area contributed by atoms with Gasteiger partial charge in [0.15, 0.2) is 0 Å². The summed E-state index contributed by atoms with van der Waals surface area (Å²) in [6, 6.07) is 15.3. The third kappa shape index (κ3) is 4.24. The van der Waals surface area contributed by atoms with Crippen molar-refractivity contribution in [2.75, 3.05) is 17.7 Å². The summed E-state index contributed by atoms with van der Waals surface area (Å²) in [6.45, 7) is 0. The summed E-state index contributed by atoms with van der Waals surface area (Å²) in [4.78, 5) is 23.1. The lowest BCUT2D eigenvalue weighted by Gasteiger charge is -2.05. The maximum absolute atomic E-state index is 12.4. The van der Waals surface area contributed by atoms with Crippen LogP contribution < -0.4 is 15.4 Å². The van der Waals surface area contributed by atoms with Gasteiger partial charge in [-0.05, 0) is 36.4 Å². The zero-order valence-corrected chi connectivity index (χ0v) is 14.8. The van der Waals surface area contributed by atoms with E-state index >= 15 is 0 Å². The number of ether oxygens (including phenoxy) is 1. The molecule has 0 saturated carbocycles. The Bertz CT molecular complexity index is 962. The van der Waals surface area contributed by atoms with Crippen molar-refractivity contribution in [3.05, 3.63) is 60.2 Å². The molecule has 3 N–H and O–H groups in total. The zero-order chi connectivity index (χ0) is 19.4. The number of rotatable bonds is 5. The van der Waals surface area contributed by atoms with Gasteiger partial charge in [-0.2, -0.15) is 5.10 Å². The lowest BCUT2D eigenvalue weighted by Crippen LogP contribution is -2.14. The first-order valence-electron chi connectivity index (χ1n) is 8.06. The van der Waals surface area contributed by atoms with Crippen molar-refractivity contribution in [2.45, 2.75) is 0 Å². The molecule has 3 aromatic rings. The molecule has 3 rings (SSSR count). The second kappa shape index (κ2) is 7.61. The van der Waals surface area contributed by atoms with E-state index in [1.807, 2.05) is 0 Å². The Hall–Kier alpha value is -3.81. The Balaban J connectivity index is 1.75. The lowest BCUT2D eigenvalue weighted by molar-refractivity contribution is 0.102. The van der Waals surface area contributed by atoms with Crippen molar-refractivity contribution in [1.82, 2.24) is 9.78 Å². The molecule has 1 aromatic heterocycles. The van der Waals surface area contributed by atoms with Gasteiger partial charge >= 0.3 is 6.09 Å². The molecular formula is C19H18N4O4. The third-order valence-electron chi connectivity index (χ3n) is 3.91. The van der Waals surface area contributed by atoms with E-state index in [0.29, 0.717) is 28.5 Å². The summed E-state index contributed by atoms with van der Waals surface area (Å²) >= 11 is 0. The molecule has 2 amide bonds. The van der Waals surface area contributed by atoms with Crippen LogP contribution in [0.1, 0.15) is 10.4 Å². The van der Waals surface area contributed by atoms with Gasteiger partial charge in [0, 0.05) is 29.9 Å². The van der Waals surface area contributed by atoms with Crippen LogP contribution in [0, 0.1) is 0 Å². The van der Waals surface area contributed by atoms with Crippen LogP contribution in [-0.2, 0) is 7.05 Å². The van der Waals surface area contributed by atoms with Crippen LogP contribution in [0.5, 0.6) is 5.75 Å². The number of carbonyl (C=O) groups excluding carboxylic acids is 1. The Kier molecular flexibility index (Phi) is 5.07. The molecule has 1 heterocycles. The van der Waals surface area contributed by atoms with Gasteiger partial charge in [0.2, 0.25) is 0 Å². The number of amides is 2. The summed E-state index contributed by atoms with van der Waals surface area (Å²) in [7, 11) is 3.30. The first-order chi connectivity index (χ1) is 13.0. The average Bonchev–Trinajstić information content (AvgIpc) is 3.02. The molecule has 0 aliphatic heterocycles. The Labute approximate surface area is 155 Å². The highest BCUT2D eigenvalue weighted by atomic mass is 16.5. The summed E-state index contributed by atoms with van der Waals surface area (Å²) in [5.41, 5.74) is 2.42. The van der Waals surface area contributed by atoms with E-state index in [1.54, 1.807) is 73.4 Å². The van der Waals surface area contributed by atoms with Crippen LogP contribution in [0.4, 0.5) is 16.3 Å². The number of benzene rings is 2. The van der Waals surface area contributed by atoms with E-state index in [1.165, 1.54) is 0 Å². The minimum Gasteiger partial charge on any atom is -0.497 e. The number of nitrogens with zero attached hydrogens (tertiary/aromatic N) is 2. The molecule has 0 saturated heterocycles. The molecule has 8 heteroatoms. The van der Waals surface area contributed by atoms with Crippen molar-refractivity contribution in [1.29, 1.82) is 0 Å². The van der Waals surface area contributed by atoms with E-state index < -0.39 is 6.09 Å². The number of hydrogen-bond acceptors (Lipinski definition) is 4. The van der Waals surface area contributed by atoms with Crippen molar-refractivity contribution < 1.29 is 19.4 Å². The van der Waals surface area contributed by atoms with Gasteiger partial charge in [0.1, 0.15) is 11.6 Å². The number of aromatic nitrogens is 2. The van der Waals surface area contributed by atoms with Gasteiger partial charge < -0.3 is 15.2 Å². The SMILES string of the molecule is COc1ccc(C(=O)Nc2cc(-c3ccc(NC(=O)O)cc3)nn2C)cc1. The monoisotopic (exact) mass is 366 g/mol. The minimum atomic E-state index is -1.12. The predicted octanol–water partition coefficient (Wildman–Crippen LogP) is 3.44. The summed E-state index contributed by atoms with van der Waals surface area (Å²) in [6.07, 6.45) is -1.12. The highest BCUT2D eigenvalue weighted by Crippen LogP contribution is 2.23. The van der Waals surface area contributed by atoms with Gasteiger partial charge in [-0.1, -0.05) is 12.1 Å². The third-order valence-corrected chi connectivity index (χ3v) is 3.91. The molecule has 0 spiro atoms. The van der Waals surface area contributed by atoms with Crippen molar-refractivity contribution in [3.63, 3.8) is 0 Å². The van der Waals surface area contributed by atoms with Gasteiger partial charge in [-0.25, -0.2) is 4.79 Å². The fourth-order valence-electron chi connectivity index (χ4n) is 2.50. The normalized spacial score (nSPS) is 10.3. The van der Waals surface area contributed by atoms with E-state index in [9.17, 15) is 9.59 Å². The molecule has 0 aliphatic rings. The van der Waals surface area contributed by atoms with E-state index in [2.05, 4.69) is 15.7 Å². The van der Waals surface area contributed by atoms with Gasteiger partial charge in [0.05, 0.1) is 12.8 Å². The Morgan fingerprint density at radius 2 is 1.70 bits per heavy atom. The minimum absolute atomic E-state index is 0.256. The number of carbonyl (C=O) groups is 2. The van der Waals surface area contributed by atoms with Gasteiger partial charge in [-0.15, -0.1) is 0 Å². The van der Waals surface area contributed by atoms with Crippen molar-refractivity contribution in [3.8, 4) is 17.0 Å². The van der Waals surface area contributed by atoms with Crippen LogP contribution >= 0.6 is 0 Å². The maximum atomic E-state index is 12.4. The number of anilines is 2. The molecule has 0 fully saturated rings.